The first-order valence-corrected chi connectivity index (χ1v) is 6.98. The smallest absolute Gasteiger partial charge is 0.251 e. The molecule has 0 aromatic heterocycles. The van der Waals surface area contributed by atoms with Gasteiger partial charge in [-0.15, -0.1) is 0 Å². The summed E-state index contributed by atoms with van der Waals surface area (Å²) in [5.74, 6) is 0.532. The van der Waals surface area contributed by atoms with Crippen LogP contribution in [0.25, 0.3) is 0 Å². The van der Waals surface area contributed by atoms with Crippen LogP contribution in [0.1, 0.15) is 36.7 Å². The number of aryl methyl sites for hydroxylation is 1. The average Bonchev–Trinajstić information content (AvgIpc) is 2.35. The van der Waals surface area contributed by atoms with Crippen molar-refractivity contribution in [3.63, 3.8) is 0 Å². The Labute approximate surface area is 112 Å². The Hall–Kier alpha value is -0.830. The average molecular weight is 298 g/mol. The van der Waals surface area contributed by atoms with E-state index in [1.165, 1.54) is 0 Å². The quantitative estimate of drug-likeness (QED) is 0.829. The van der Waals surface area contributed by atoms with E-state index in [2.05, 4.69) is 42.0 Å². The van der Waals surface area contributed by atoms with Crippen LogP contribution in [-0.2, 0) is 6.42 Å². The van der Waals surface area contributed by atoms with Gasteiger partial charge in [-0.2, -0.15) is 0 Å². The van der Waals surface area contributed by atoms with Crippen LogP contribution in [0.4, 0.5) is 0 Å². The minimum atomic E-state index is 0.0209. The number of benzene rings is 1. The topological polar surface area (TPSA) is 29.1 Å². The Morgan fingerprint density at radius 2 is 2.00 bits per heavy atom. The molecule has 0 aliphatic heterocycles. The van der Waals surface area contributed by atoms with Crippen LogP contribution < -0.4 is 5.32 Å². The Bertz CT molecular complexity index is 376. The number of rotatable bonds is 5. The van der Waals surface area contributed by atoms with Crippen LogP contribution in [0.5, 0.6) is 0 Å². The molecule has 1 rings (SSSR count). The fraction of sp³-hybridized carbons (Fsp3) is 0.500. The highest BCUT2D eigenvalue weighted by Gasteiger charge is 2.13. The molecule has 1 amide bonds. The number of hydrogen-bond donors (Lipinski definition) is 1. The Morgan fingerprint density at radius 3 is 2.59 bits per heavy atom. The molecule has 3 heteroatoms. The summed E-state index contributed by atoms with van der Waals surface area (Å²) < 4.78 is 0. The molecule has 0 heterocycles. The number of carbonyl (C=O) groups is 1. The number of hydrogen-bond acceptors (Lipinski definition) is 1. The summed E-state index contributed by atoms with van der Waals surface area (Å²) in [7, 11) is 0. The van der Waals surface area contributed by atoms with Gasteiger partial charge in [0.25, 0.3) is 5.91 Å². The summed E-state index contributed by atoms with van der Waals surface area (Å²) in [5.41, 5.74) is 1.89. The number of alkyl halides is 1. The van der Waals surface area contributed by atoms with Crippen LogP contribution in [0, 0.1) is 5.92 Å². The minimum Gasteiger partial charge on any atom is -0.351 e. The third-order valence-electron chi connectivity index (χ3n) is 2.82. The highest BCUT2D eigenvalue weighted by molar-refractivity contribution is 9.09. The van der Waals surface area contributed by atoms with E-state index in [0.29, 0.717) is 17.3 Å². The summed E-state index contributed by atoms with van der Waals surface area (Å²) in [6.45, 7) is 6.99. The lowest BCUT2D eigenvalue weighted by Gasteiger charge is -2.15. The second-order valence-corrected chi connectivity index (χ2v) is 5.66. The highest BCUT2D eigenvalue weighted by Crippen LogP contribution is 2.12. The number of halogens is 1. The Kier molecular flexibility index (Phi) is 5.69. The third kappa shape index (κ3) is 4.15. The highest BCUT2D eigenvalue weighted by atomic mass is 79.9. The summed E-state index contributed by atoms with van der Waals surface area (Å²) >= 11 is 3.56. The molecule has 0 bridgehead atoms. The SMILES string of the molecule is CCc1ccccc1C(=O)NCC(Br)C(C)C. The molecule has 0 radical (unpaired) electrons. The zero-order valence-electron chi connectivity index (χ0n) is 10.7. The van der Waals surface area contributed by atoms with Gasteiger partial charge in [0, 0.05) is 16.9 Å². The number of carbonyl (C=O) groups excluding carboxylic acids is 1. The second-order valence-electron chi connectivity index (χ2n) is 4.48. The Morgan fingerprint density at radius 1 is 1.35 bits per heavy atom. The van der Waals surface area contributed by atoms with Crippen molar-refractivity contribution in [2.24, 2.45) is 5.92 Å². The molecular weight excluding hydrogens is 278 g/mol. The molecule has 94 valence electrons. The van der Waals surface area contributed by atoms with Crippen LogP contribution in [0.15, 0.2) is 24.3 Å². The first-order chi connectivity index (χ1) is 8.06. The van der Waals surface area contributed by atoms with Crippen molar-refractivity contribution < 1.29 is 4.79 Å². The summed E-state index contributed by atoms with van der Waals surface area (Å²) in [4.78, 5) is 12.3. The molecular formula is C14H20BrNO. The molecule has 1 N–H and O–H groups in total. The number of amides is 1. The van der Waals surface area contributed by atoms with Crippen molar-refractivity contribution in [1.29, 1.82) is 0 Å². The molecule has 1 atom stereocenters. The van der Waals surface area contributed by atoms with Crippen LogP contribution in [0.2, 0.25) is 0 Å². The maximum Gasteiger partial charge on any atom is 0.251 e. The summed E-state index contributed by atoms with van der Waals surface area (Å²) in [6, 6.07) is 7.76. The van der Waals surface area contributed by atoms with Gasteiger partial charge in [-0.1, -0.05) is 54.9 Å². The van der Waals surface area contributed by atoms with Crippen molar-refractivity contribution in [3.8, 4) is 0 Å². The lowest BCUT2D eigenvalue weighted by Crippen LogP contribution is -2.32. The van der Waals surface area contributed by atoms with Crippen molar-refractivity contribution in [2.75, 3.05) is 6.54 Å². The molecule has 1 aromatic carbocycles. The molecule has 0 fully saturated rings. The molecule has 17 heavy (non-hydrogen) atoms. The van der Waals surface area contributed by atoms with Crippen molar-refractivity contribution >= 4 is 21.8 Å². The lowest BCUT2D eigenvalue weighted by molar-refractivity contribution is 0.0952. The van der Waals surface area contributed by atoms with Gasteiger partial charge in [-0.3, -0.25) is 4.79 Å². The predicted molar refractivity (Wildman–Crippen MR) is 75.7 cm³/mol. The van der Waals surface area contributed by atoms with E-state index >= 15 is 0 Å². The van der Waals surface area contributed by atoms with Gasteiger partial charge in [-0.05, 0) is 24.0 Å². The van der Waals surface area contributed by atoms with Gasteiger partial charge in [0.2, 0.25) is 0 Å². The van der Waals surface area contributed by atoms with Gasteiger partial charge in [-0.25, -0.2) is 0 Å². The van der Waals surface area contributed by atoms with Gasteiger partial charge < -0.3 is 5.32 Å². The van der Waals surface area contributed by atoms with E-state index in [0.717, 1.165) is 17.5 Å². The predicted octanol–water partition coefficient (Wildman–Crippen LogP) is 3.40. The fourth-order valence-electron chi connectivity index (χ4n) is 1.57. The van der Waals surface area contributed by atoms with Gasteiger partial charge >= 0.3 is 0 Å². The minimum absolute atomic E-state index is 0.0209. The van der Waals surface area contributed by atoms with Crippen molar-refractivity contribution in [3.05, 3.63) is 35.4 Å². The second kappa shape index (κ2) is 6.80. The van der Waals surface area contributed by atoms with E-state index in [1.54, 1.807) is 0 Å². The molecule has 0 aliphatic carbocycles. The maximum absolute atomic E-state index is 12.0. The monoisotopic (exact) mass is 297 g/mol. The summed E-state index contributed by atoms with van der Waals surface area (Å²) in [5, 5.41) is 2.97. The van der Waals surface area contributed by atoms with Crippen LogP contribution in [-0.4, -0.2) is 17.3 Å². The number of nitrogens with one attached hydrogen (secondary N) is 1. The van der Waals surface area contributed by atoms with Gasteiger partial charge in [0.15, 0.2) is 0 Å². The van der Waals surface area contributed by atoms with E-state index < -0.39 is 0 Å². The zero-order chi connectivity index (χ0) is 12.8. The first kappa shape index (κ1) is 14.2. The molecule has 2 nitrogen and oxygen atoms in total. The molecule has 1 aromatic rings. The van der Waals surface area contributed by atoms with E-state index in [9.17, 15) is 4.79 Å². The third-order valence-corrected chi connectivity index (χ3v) is 4.20. The molecule has 0 aliphatic rings. The lowest BCUT2D eigenvalue weighted by atomic mass is 10.0. The summed E-state index contributed by atoms with van der Waals surface area (Å²) in [6.07, 6.45) is 0.880. The molecule has 0 saturated heterocycles. The van der Waals surface area contributed by atoms with Crippen molar-refractivity contribution in [2.45, 2.75) is 32.0 Å². The molecule has 0 saturated carbocycles. The zero-order valence-corrected chi connectivity index (χ0v) is 12.3. The molecule has 0 spiro atoms. The van der Waals surface area contributed by atoms with Crippen LogP contribution >= 0.6 is 15.9 Å². The fourth-order valence-corrected chi connectivity index (χ4v) is 1.73. The maximum atomic E-state index is 12.0. The van der Waals surface area contributed by atoms with Gasteiger partial charge in [0.1, 0.15) is 0 Å². The van der Waals surface area contributed by atoms with E-state index in [-0.39, 0.29) is 5.91 Å². The van der Waals surface area contributed by atoms with Crippen molar-refractivity contribution in [1.82, 2.24) is 5.32 Å². The van der Waals surface area contributed by atoms with Gasteiger partial charge in [0.05, 0.1) is 0 Å². The standard InChI is InChI=1S/C14H20BrNO/c1-4-11-7-5-6-8-12(11)14(17)16-9-13(15)10(2)3/h5-8,10,13H,4,9H2,1-3H3,(H,16,17). The van der Waals surface area contributed by atoms with Crippen LogP contribution in [0.3, 0.4) is 0 Å². The first-order valence-electron chi connectivity index (χ1n) is 6.06. The largest absolute Gasteiger partial charge is 0.351 e. The van der Waals surface area contributed by atoms with E-state index in [1.807, 2.05) is 24.3 Å². The normalized spacial score (nSPS) is 12.5. The molecule has 1 unspecified atom stereocenters. The Balaban J connectivity index is 2.64. The van der Waals surface area contributed by atoms with E-state index in [4.69, 9.17) is 0 Å².